The second-order valence-electron chi connectivity index (χ2n) is 4.84. The molecule has 0 aliphatic carbocycles. The van der Waals surface area contributed by atoms with Crippen LogP contribution in [0.25, 0.3) is 0 Å². The van der Waals surface area contributed by atoms with E-state index in [4.69, 9.17) is 4.52 Å². The Morgan fingerprint density at radius 3 is 2.87 bits per heavy atom. The largest absolute Gasteiger partial charge is 0.361 e. The Morgan fingerprint density at radius 2 is 2.20 bits per heavy atom. The van der Waals surface area contributed by atoms with E-state index < -0.39 is 0 Å². The Morgan fingerprint density at radius 1 is 1.47 bits per heavy atom. The predicted octanol–water partition coefficient (Wildman–Crippen LogP) is 2.34. The molecule has 15 heavy (non-hydrogen) atoms. The van der Waals surface area contributed by atoms with Crippen LogP contribution in [0.5, 0.6) is 0 Å². The summed E-state index contributed by atoms with van der Waals surface area (Å²) in [7, 11) is 0. The van der Waals surface area contributed by atoms with Gasteiger partial charge in [0.2, 0.25) is 0 Å². The number of hydrogen-bond acceptors (Lipinski definition) is 3. The lowest BCUT2D eigenvalue weighted by molar-refractivity contribution is 0.325. The fourth-order valence-corrected chi connectivity index (χ4v) is 2.28. The first kappa shape index (κ1) is 10.7. The van der Waals surface area contributed by atoms with Crippen LogP contribution in [0.3, 0.4) is 0 Å². The van der Waals surface area contributed by atoms with E-state index in [1.165, 1.54) is 18.4 Å². The summed E-state index contributed by atoms with van der Waals surface area (Å²) in [5.74, 6) is 2.40. The molecule has 1 aliphatic rings. The van der Waals surface area contributed by atoms with E-state index in [1.54, 1.807) is 0 Å². The SMILES string of the molecule is CC(C)Cc1cnoc1C1CCNCC1. The molecule has 0 spiro atoms. The van der Waals surface area contributed by atoms with Crippen molar-refractivity contribution < 1.29 is 4.52 Å². The van der Waals surface area contributed by atoms with Gasteiger partial charge in [-0.3, -0.25) is 0 Å². The second kappa shape index (κ2) is 4.79. The molecule has 3 nitrogen and oxygen atoms in total. The summed E-state index contributed by atoms with van der Waals surface area (Å²) in [5, 5.41) is 7.33. The Bertz CT molecular complexity index is 300. The number of aromatic nitrogens is 1. The molecule has 1 aliphatic heterocycles. The average molecular weight is 208 g/mol. The summed E-state index contributed by atoms with van der Waals surface area (Å²) >= 11 is 0. The molecule has 0 saturated carbocycles. The molecule has 0 atom stereocenters. The molecule has 84 valence electrons. The number of rotatable bonds is 3. The molecule has 2 rings (SSSR count). The molecular weight excluding hydrogens is 188 g/mol. The van der Waals surface area contributed by atoms with E-state index in [0.717, 1.165) is 25.3 Å². The molecule has 0 aromatic carbocycles. The van der Waals surface area contributed by atoms with Gasteiger partial charge in [-0.15, -0.1) is 0 Å². The molecule has 0 radical (unpaired) electrons. The highest BCUT2D eigenvalue weighted by atomic mass is 16.5. The van der Waals surface area contributed by atoms with Crippen molar-refractivity contribution in [2.45, 2.75) is 39.0 Å². The molecule has 1 saturated heterocycles. The molecule has 0 bridgehead atoms. The smallest absolute Gasteiger partial charge is 0.143 e. The first-order valence-corrected chi connectivity index (χ1v) is 5.91. The van der Waals surface area contributed by atoms with Crippen molar-refractivity contribution in [1.82, 2.24) is 10.5 Å². The molecule has 1 aromatic rings. The molecule has 1 aromatic heterocycles. The third kappa shape index (κ3) is 2.59. The second-order valence-corrected chi connectivity index (χ2v) is 4.84. The van der Waals surface area contributed by atoms with E-state index in [0.29, 0.717) is 11.8 Å². The molecule has 3 heteroatoms. The van der Waals surface area contributed by atoms with Crippen molar-refractivity contribution >= 4 is 0 Å². The van der Waals surface area contributed by atoms with Gasteiger partial charge in [0.25, 0.3) is 0 Å². The minimum atomic E-state index is 0.586. The molecule has 0 unspecified atom stereocenters. The Labute approximate surface area is 91.2 Å². The Kier molecular flexibility index (Phi) is 3.41. The van der Waals surface area contributed by atoms with Gasteiger partial charge in [0.1, 0.15) is 5.76 Å². The summed E-state index contributed by atoms with van der Waals surface area (Å²) in [6.45, 7) is 6.68. The Hall–Kier alpha value is -0.830. The highest BCUT2D eigenvalue weighted by molar-refractivity contribution is 5.18. The van der Waals surface area contributed by atoms with E-state index >= 15 is 0 Å². The fraction of sp³-hybridized carbons (Fsp3) is 0.750. The van der Waals surface area contributed by atoms with Gasteiger partial charge in [-0.2, -0.15) is 0 Å². The third-order valence-corrected chi connectivity index (χ3v) is 3.01. The van der Waals surface area contributed by atoms with Gasteiger partial charge in [0.15, 0.2) is 0 Å². The predicted molar refractivity (Wildman–Crippen MR) is 59.9 cm³/mol. The highest BCUT2D eigenvalue weighted by Crippen LogP contribution is 2.29. The van der Waals surface area contributed by atoms with Crippen LogP contribution in [0.4, 0.5) is 0 Å². The number of piperidine rings is 1. The standard InChI is InChI=1S/C12H20N2O/c1-9(2)7-11-8-14-15-12(11)10-3-5-13-6-4-10/h8-10,13H,3-7H2,1-2H3. The first-order chi connectivity index (χ1) is 7.27. The molecular formula is C12H20N2O. The lowest BCUT2D eigenvalue weighted by Crippen LogP contribution is -2.26. The zero-order chi connectivity index (χ0) is 10.7. The highest BCUT2D eigenvalue weighted by Gasteiger charge is 2.22. The minimum Gasteiger partial charge on any atom is -0.361 e. The molecule has 1 fully saturated rings. The molecule has 0 amide bonds. The van der Waals surface area contributed by atoms with Crippen molar-refractivity contribution in [3.8, 4) is 0 Å². The van der Waals surface area contributed by atoms with Crippen LogP contribution < -0.4 is 5.32 Å². The Balaban J connectivity index is 2.09. The van der Waals surface area contributed by atoms with Gasteiger partial charge in [0, 0.05) is 11.5 Å². The van der Waals surface area contributed by atoms with Gasteiger partial charge < -0.3 is 9.84 Å². The van der Waals surface area contributed by atoms with Crippen molar-refractivity contribution in [1.29, 1.82) is 0 Å². The third-order valence-electron chi connectivity index (χ3n) is 3.01. The van der Waals surface area contributed by atoms with Gasteiger partial charge in [-0.1, -0.05) is 19.0 Å². The maximum Gasteiger partial charge on any atom is 0.143 e. The van der Waals surface area contributed by atoms with Crippen molar-refractivity contribution in [3.05, 3.63) is 17.5 Å². The first-order valence-electron chi connectivity index (χ1n) is 5.91. The van der Waals surface area contributed by atoms with Crippen LogP contribution in [-0.4, -0.2) is 18.2 Å². The minimum absolute atomic E-state index is 0.586. The topological polar surface area (TPSA) is 38.1 Å². The number of hydrogen-bond donors (Lipinski definition) is 1. The maximum absolute atomic E-state index is 5.43. The van der Waals surface area contributed by atoms with Crippen LogP contribution >= 0.6 is 0 Å². The van der Waals surface area contributed by atoms with Crippen LogP contribution in [0, 0.1) is 5.92 Å². The van der Waals surface area contributed by atoms with Crippen molar-refractivity contribution in [2.24, 2.45) is 5.92 Å². The summed E-state index contributed by atoms with van der Waals surface area (Å²) in [4.78, 5) is 0. The van der Waals surface area contributed by atoms with Gasteiger partial charge >= 0.3 is 0 Å². The average Bonchev–Trinajstić information content (AvgIpc) is 2.66. The summed E-state index contributed by atoms with van der Waals surface area (Å²) in [6, 6.07) is 0. The summed E-state index contributed by atoms with van der Waals surface area (Å²) in [6.07, 6.45) is 5.35. The monoisotopic (exact) mass is 208 g/mol. The lowest BCUT2D eigenvalue weighted by Gasteiger charge is -2.21. The van der Waals surface area contributed by atoms with Gasteiger partial charge in [-0.05, 0) is 38.3 Å². The maximum atomic E-state index is 5.43. The number of nitrogens with one attached hydrogen (secondary N) is 1. The van der Waals surface area contributed by atoms with Crippen LogP contribution in [0.2, 0.25) is 0 Å². The zero-order valence-electron chi connectivity index (χ0n) is 9.62. The van der Waals surface area contributed by atoms with Crippen molar-refractivity contribution in [3.63, 3.8) is 0 Å². The lowest BCUT2D eigenvalue weighted by atomic mass is 9.91. The van der Waals surface area contributed by atoms with Crippen molar-refractivity contribution in [2.75, 3.05) is 13.1 Å². The van der Waals surface area contributed by atoms with E-state index in [2.05, 4.69) is 24.3 Å². The molecule has 1 N–H and O–H groups in total. The summed E-state index contributed by atoms with van der Waals surface area (Å²) < 4.78 is 5.43. The normalized spacial score (nSPS) is 18.6. The summed E-state index contributed by atoms with van der Waals surface area (Å²) in [5.41, 5.74) is 1.32. The van der Waals surface area contributed by atoms with Crippen LogP contribution in [0.1, 0.15) is 43.9 Å². The fourth-order valence-electron chi connectivity index (χ4n) is 2.28. The van der Waals surface area contributed by atoms with E-state index in [-0.39, 0.29) is 0 Å². The van der Waals surface area contributed by atoms with E-state index in [1.807, 2.05) is 6.20 Å². The van der Waals surface area contributed by atoms with Gasteiger partial charge in [0.05, 0.1) is 6.20 Å². The number of nitrogens with zero attached hydrogens (tertiary/aromatic N) is 1. The van der Waals surface area contributed by atoms with E-state index in [9.17, 15) is 0 Å². The molecule has 2 heterocycles. The van der Waals surface area contributed by atoms with Crippen LogP contribution in [0.15, 0.2) is 10.7 Å². The van der Waals surface area contributed by atoms with Crippen LogP contribution in [-0.2, 0) is 6.42 Å². The quantitative estimate of drug-likeness (QED) is 0.828. The van der Waals surface area contributed by atoms with Gasteiger partial charge in [-0.25, -0.2) is 0 Å². The zero-order valence-corrected chi connectivity index (χ0v) is 9.62.